The summed E-state index contributed by atoms with van der Waals surface area (Å²) in [5, 5.41) is 21.0. The van der Waals surface area contributed by atoms with E-state index in [2.05, 4.69) is 0 Å². The zero-order chi connectivity index (χ0) is 14.1. The Morgan fingerprint density at radius 3 is 2.25 bits per heavy atom. The maximum absolute atomic E-state index is 10.9. The summed E-state index contributed by atoms with van der Waals surface area (Å²) in [5.41, 5.74) is 1.75. The molecule has 3 aromatic carbocycles. The Morgan fingerprint density at radius 1 is 0.850 bits per heavy atom. The summed E-state index contributed by atoms with van der Waals surface area (Å²) in [6.45, 7) is 0. The van der Waals surface area contributed by atoms with E-state index in [0.717, 1.165) is 21.9 Å². The van der Waals surface area contributed by atoms with E-state index in [1.54, 1.807) is 30.3 Å². The minimum absolute atomic E-state index is 0.187. The van der Waals surface area contributed by atoms with Crippen LogP contribution in [0.4, 0.5) is 0 Å². The molecule has 0 aliphatic heterocycles. The van der Waals surface area contributed by atoms with Gasteiger partial charge in [0.2, 0.25) is 0 Å². The lowest BCUT2D eigenvalue weighted by molar-refractivity contribution is 0.0697. The number of aromatic hydroxyl groups is 1. The van der Waals surface area contributed by atoms with Crippen molar-refractivity contribution in [2.45, 2.75) is 0 Å². The Bertz CT molecular complexity index is 789. The van der Waals surface area contributed by atoms with Gasteiger partial charge in [-0.1, -0.05) is 42.5 Å². The van der Waals surface area contributed by atoms with E-state index in [4.69, 9.17) is 5.11 Å². The molecule has 3 nitrogen and oxygen atoms in total. The minimum atomic E-state index is -0.960. The average Bonchev–Trinajstić information content (AvgIpc) is 2.47. The van der Waals surface area contributed by atoms with Crippen molar-refractivity contribution >= 4 is 16.7 Å². The van der Waals surface area contributed by atoms with E-state index >= 15 is 0 Å². The van der Waals surface area contributed by atoms with Gasteiger partial charge in [0.15, 0.2) is 0 Å². The quantitative estimate of drug-likeness (QED) is 0.737. The van der Waals surface area contributed by atoms with Gasteiger partial charge in [0.1, 0.15) is 5.75 Å². The van der Waals surface area contributed by atoms with Crippen molar-refractivity contribution in [1.29, 1.82) is 0 Å². The van der Waals surface area contributed by atoms with E-state index in [1.807, 2.05) is 30.3 Å². The third-order valence-electron chi connectivity index (χ3n) is 3.33. The largest absolute Gasteiger partial charge is 0.507 e. The molecule has 0 aliphatic rings. The fraction of sp³-hybridized carbons (Fsp3) is 0. The lowest BCUT2D eigenvalue weighted by Gasteiger charge is -2.09. The van der Waals surface area contributed by atoms with Crippen LogP contribution in [0.5, 0.6) is 5.75 Å². The monoisotopic (exact) mass is 264 g/mol. The average molecular weight is 264 g/mol. The highest BCUT2D eigenvalue weighted by Gasteiger charge is 2.10. The Morgan fingerprint density at radius 2 is 1.55 bits per heavy atom. The predicted octanol–water partition coefficient (Wildman–Crippen LogP) is 3.91. The Kier molecular flexibility index (Phi) is 2.88. The summed E-state index contributed by atoms with van der Waals surface area (Å²) in [6.07, 6.45) is 0. The normalized spacial score (nSPS) is 10.6. The molecule has 3 rings (SSSR count). The first-order valence-corrected chi connectivity index (χ1v) is 6.21. The van der Waals surface area contributed by atoms with E-state index in [1.165, 1.54) is 0 Å². The standard InChI is InChI=1S/C17H12O3/c18-15-10-9-11-3-1-2-4-14(11)16(15)12-5-7-13(8-6-12)17(19)20/h1-10,18H,(H,19,20). The van der Waals surface area contributed by atoms with Gasteiger partial charge < -0.3 is 10.2 Å². The number of fused-ring (bicyclic) bond motifs is 1. The number of carboxylic acid groups (broad SMARTS) is 1. The van der Waals surface area contributed by atoms with Crippen molar-refractivity contribution in [3.8, 4) is 16.9 Å². The third kappa shape index (κ3) is 1.99. The number of aromatic carboxylic acids is 1. The van der Waals surface area contributed by atoms with Crippen molar-refractivity contribution in [1.82, 2.24) is 0 Å². The fourth-order valence-electron chi connectivity index (χ4n) is 2.34. The maximum Gasteiger partial charge on any atom is 0.335 e. The van der Waals surface area contributed by atoms with Crippen molar-refractivity contribution in [2.24, 2.45) is 0 Å². The molecule has 0 heterocycles. The van der Waals surface area contributed by atoms with Crippen molar-refractivity contribution in [3.05, 3.63) is 66.2 Å². The summed E-state index contributed by atoms with van der Waals surface area (Å²) < 4.78 is 0. The third-order valence-corrected chi connectivity index (χ3v) is 3.33. The Hall–Kier alpha value is -2.81. The van der Waals surface area contributed by atoms with Crippen LogP contribution in [0.2, 0.25) is 0 Å². The smallest absolute Gasteiger partial charge is 0.335 e. The van der Waals surface area contributed by atoms with Gasteiger partial charge in [0.25, 0.3) is 0 Å². The lowest BCUT2D eigenvalue weighted by Crippen LogP contribution is -1.95. The highest BCUT2D eigenvalue weighted by atomic mass is 16.4. The first-order chi connectivity index (χ1) is 9.66. The van der Waals surface area contributed by atoms with Crippen LogP contribution in [-0.2, 0) is 0 Å². The van der Waals surface area contributed by atoms with E-state index < -0.39 is 5.97 Å². The first kappa shape index (κ1) is 12.2. The number of phenols is 1. The number of hydrogen-bond acceptors (Lipinski definition) is 2. The summed E-state index contributed by atoms with van der Waals surface area (Å²) >= 11 is 0. The van der Waals surface area contributed by atoms with E-state index in [0.29, 0.717) is 0 Å². The van der Waals surface area contributed by atoms with Crippen LogP contribution in [-0.4, -0.2) is 16.2 Å². The molecule has 0 saturated heterocycles. The van der Waals surface area contributed by atoms with Gasteiger partial charge in [-0.3, -0.25) is 0 Å². The highest BCUT2D eigenvalue weighted by Crippen LogP contribution is 2.36. The minimum Gasteiger partial charge on any atom is -0.507 e. The van der Waals surface area contributed by atoms with Crippen molar-refractivity contribution in [3.63, 3.8) is 0 Å². The number of carboxylic acids is 1. The summed E-state index contributed by atoms with van der Waals surface area (Å²) in [7, 11) is 0. The molecule has 0 aliphatic carbocycles. The number of phenolic OH excluding ortho intramolecular Hbond substituents is 1. The molecule has 0 fully saturated rings. The predicted molar refractivity (Wildman–Crippen MR) is 78.0 cm³/mol. The van der Waals surface area contributed by atoms with Gasteiger partial charge >= 0.3 is 5.97 Å². The van der Waals surface area contributed by atoms with Gasteiger partial charge in [-0.2, -0.15) is 0 Å². The Labute approximate surface area is 115 Å². The number of benzene rings is 3. The first-order valence-electron chi connectivity index (χ1n) is 6.21. The van der Waals surface area contributed by atoms with Crippen LogP contribution in [0, 0.1) is 0 Å². The summed E-state index contributed by atoms with van der Waals surface area (Å²) in [5.74, 6) is -0.773. The molecule has 0 spiro atoms. The van der Waals surface area contributed by atoms with E-state index in [-0.39, 0.29) is 11.3 Å². The lowest BCUT2D eigenvalue weighted by atomic mass is 9.96. The molecule has 0 saturated carbocycles. The maximum atomic E-state index is 10.9. The zero-order valence-electron chi connectivity index (χ0n) is 10.6. The number of rotatable bonds is 2. The van der Waals surface area contributed by atoms with Crippen LogP contribution in [0.1, 0.15) is 10.4 Å². The topological polar surface area (TPSA) is 57.5 Å². The van der Waals surface area contributed by atoms with Gasteiger partial charge in [-0.15, -0.1) is 0 Å². The van der Waals surface area contributed by atoms with Gasteiger partial charge in [-0.25, -0.2) is 4.79 Å². The van der Waals surface area contributed by atoms with Gasteiger partial charge in [-0.05, 0) is 34.5 Å². The molecule has 0 amide bonds. The molecule has 0 atom stereocenters. The molecule has 0 aromatic heterocycles. The second-order valence-corrected chi connectivity index (χ2v) is 4.56. The number of hydrogen-bond donors (Lipinski definition) is 2. The Balaban J connectivity index is 2.23. The van der Waals surface area contributed by atoms with Crippen LogP contribution in [0.15, 0.2) is 60.7 Å². The van der Waals surface area contributed by atoms with Gasteiger partial charge in [0, 0.05) is 5.56 Å². The fourth-order valence-corrected chi connectivity index (χ4v) is 2.34. The molecule has 0 unspecified atom stereocenters. The summed E-state index contributed by atoms with van der Waals surface area (Å²) in [6, 6.07) is 17.8. The second kappa shape index (κ2) is 4.70. The van der Waals surface area contributed by atoms with Crippen molar-refractivity contribution < 1.29 is 15.0 Å². The van der Waals surface area contributed by atoms with E-state index in [9.17, 15) is 9.90 Å². The molecule has 0 bridgehead atoms. The highest BCUT2D eigenvalue weighted by molar-refractivity contribution is 6.00. The molecule has 3 aromatic rings. The molecule has 2 N–H and O–H groups in total. The van der Waals surface area contributed by atoms with Crippen LogP contribution in [0.25, 0.3) is 21.9 Å². The molecule has 98 valence electrons. The second-order valence-electron chi connectivity index (χ2n) is 4.56. The SMILES string of the molecule is O=C(O)c1ccc(-c2c(O)ccc3ccccc23)cc1. The van der Waals surface area contributed by atoms with Gasteiger partial charge in [0.05, 0.1) is 5.56 Å². The summed E-state index contributed by atoms with van der Waals surface area (Å²) in [4.78, 5) is 10.9. The molecular formula is C17H12O3. The zero-order valence-corrected chi connectivity index (χ0v) is 10.6. The molecule has 20 heavy (non-hydrogen) atoms. The molecule has 0 radical (unpaired) electrons. The van der Waals surface area contributed by atoms with Crippen molar-refractivity contribution in [2.75, 3.05) is 0 Å². The van der Waals surface area contributed by atoms with Crippen LogP contribution in [0.3, 0.4) is 0 Å². The van der Waals surface area contributed by atoms with Crippen LogP contribution < -0.4 is 0 Å². The number of carbonyl (C=O) groups is 1. The molecule has 3 heteroatoms. The molecular weight excluding hydrogens is 252 g/mol. The van der Waals surface area contributed by atoms with Crippen LogP contribution >= 0.6 is 0 Å².